The van der Waals surface area contributed by atoms with Crippen LogP contribution in [0.3, 0.4) is 0 Å². The van der Waals surface area contributed by atoms with Crippen LogP contribution in [-0.4, -0.2) is 48.9 Å². The number of hydrogen-bond donors (Lipinski definition) is 1. The Hall–Kier alpha value is -2.58. The molecule has 0 unspecified atom stereocenters. The zero-order valence-corrected chi connectivity index (χ0v) is 14.1. The molecule has 1 aliphatic carbocycles. The Morgan fingerprint density at radius 2 is 1.96 bits per heavy atom. The highest BCUT2D eigenvalue weighted by Gasteiger charge is 2.30. The van der Waals surface area contributed by atoms with Gasteiger partial charge in [-0.1, -0.05) is 18.2 Å². The molecule has 1 aromatic rings. The molecule has 1 aliphatic rings. The number of carbonyl (C=O) groups is 3. The van der Waals surface area contributed by atoms with E-state index in [4.69, 9.17) is 4.74 Å². The van der Waals surface area contributed by atoms with Gasteiger partial charge in [0.25, 0.3) is 5.91 Å². The summed E-state index contributed by atoms with van der Waals surface area (Å²) >= 11 is 0. The molecule has 6 nitrogen and oxygen atoms in total. The van der Waals surface area contributed by atoms with Gasteiger partial charge < -0.3 is 15.0 Å². The number of alkyl halides is 3. The number of rotatable bonds is 7. The molecule has 0 aliphatic heterocycles. The molecule has 0 spiro atoms. The van der Waals surface area contributed by atoms with E-state index in [-0.39, 0.29) is 30.5 Å². The molecule has 0 bridgehead atoms. The van der Waals surface area contributed by atoms with Crippen LogP contribution in [0.25, 0.3) is 0 Å². The highest BCUT2D eigenvalue weighted by molar-refractivity contribution is 5.86. The summed E-state index contributed by atoms with van der Waals surface area (Å²) in [5.41, 5.74) is -0.727. The lowest BCUT2D eigenvalue weighted by Gasteiger charge is -2.16. The predicted molar refractivity (Wildman–Crippen MR) is 84.9 cm³/mol. The minimum absolute atomic E-state index is 0.134. The lowest BCUT2D eigenvalue weighted by molar-refractivity contribution is -0.151. The molecule has 0 heterocycles. The maximum atomic E-state index is 12.6. The molecule has 1 aromatic carbocycles. The van der Waals surface area contributed by atoms with E-state index < -0.39 is 30.2 Å². The van der Waals surface area contributed by atoms with Gasteiger partial charge in [-0.05, 0) is 24.5 Å². The monoisotopic (exact) mass is 372 g/mol. The van der Waals surface area contributed by atoms with Crippen molar-refractivity contribution in [2.24, 2.45) is 0 Å². The molecule has 0 radical (unpaired) electrons. The van der Waals surface area contributed by atoms with E-state index in [9.17, 15) is 27.6 Å². The van der Waals surface area contributed by atoms with Crippen LogP contribution in [0.2, 0.25) is 0 Å². The van der Waals surface area contributed by atoms with E-state index in [2.05, 4.69) is 5.32 Å². The van der Waals surface area contributed by atoms with Crippen LogP contribution >= 0.6 is 0 Å². The average Bonchev–Trinajstić information content (AvgIpc) is 3.35. The smallest absolute Gasteiger partial charge is 0.416 e. The van der Waals surface area contributed by atoms with Gasteiger partial charge in [0, 0.05) is 13.1 Å². The number of carbonyl (C=O) groups excluding carboxylic acids is 3. The number of likely N-dealkylation sites (N-methyl/N-ethyl adjacent to an activating group) is 1. The summed E-state index contributed by atoms with van der Waals surface area (Å²) < 4.78 is 42.7. The van der Waals surface area contributed by atoms with Crippen LogP contribution in [0, 0.1) is 0 Å². The number of hydrogen-bond acceptors (Lipinski definition) is 4. The van der Waals surface area contributed by atoms with Gasteiger partial charge in [-0.2, -0.15) is 13.2 Å². The lowest BCUT2D eigenvalue weighted by atomic mass is 10.1. The molecule has 142 valence electrons. The molecule has 2 rings (SSSR count). The summed E-state index contributed by atoms with van der Waals surface area (Å²) in [6, 6.07) is 4.50. The Morgan fingerprint density at radius 1 is 1.27 bits per heavy atom. The fourth-order valence-electron chi connectivity index (χ4n) is 2.13. The van der Waals surface area contributed by atoms with Crippen molar-refractivity contribution in [1.29, 1.82) is 0 Å². The third-order valence-corrected chi connectivity index (χ3v) is 3.71. The van der Waals surface area contributed by atoms with Crippen LogP contribution in [0.5, 0.6) is 0 Å². The molecule has 1 N–H and O–H groups in total. The van der Waals surface area contributed by atoms with Crippen molar-refractivity contribution in [2.75, 3.05) is 20.2 Å². The van der Waals surface area contributed by atoms with Gasteiger partial charge in [0.2, 0.25) is 5.91 Å². The normalized spacial score (nSPS) is 13.8. The molecule has 0 saturated heterocycles. The Labute approximate surface area is 148 Å². The molecule has 26 heavy (non-hydrogen) atoms. The molecular formula is C17H19F3N2O4. The zero-order chi connectivity index (χ0) is 19.3. The van der Waals surface area contributed by atoms with E-state index in [1.54, 1.807) is 0 Å². The summed E-state index contributed by atoms with van der Waals surface area (Å²) in [6.07, 6.45) is -3.03. The van der Waals surface area contributed by atoms with Crippen LogP contribution < -0.4 is 5.32 Å². The predicted octanol–water partition coefficient (Wildman–Crippen LogP) is 1.53. The van der Waals surface area contributed by atoms with Crippen molar-refractivity contribution in [3.63, 3.8) is 0 Å². The SMILES string of the molecule is CN(CC(=O)NC1CC1)C(=O)COC(=O)Cc1cccc(C(F)(F)F)c1. The van der Waals surface area contributed by atoms with E-state index in [1.165, 1.54) is 19.2 Å². The number of halogens is 3. The Kier molecular flexibility index (Phi) is 6.23. The minimum Gasteiger partial charge on any atom is -0.455 e. The van der Waals surface area contributed by atoms with Crippen molar-refractivity contribution in [3.05, 3.63) is 35.4 Å². The van der Waals surface area contributed by atoms with Crippen molar-refractivity contribution >= 4 is 17.8 Å². The molecule has 0 aromatic heterocycles. The van der Waals surface area contributed by atoms with Crippen LogP contribution in [0.15, 0.2) is 24.3 Å². The van der Waals surface area contributed by atoms with Crippen LogP contribution in [-0.2, 0) is 31.7 Å². The first kappa shape index (κ1) is 19.7. The Bertz CT molecular complexity index is 687. The zero-order valence-electron chi connectivity index (χ0n) is 14.1. The third kappa shape index (κ3) is 6.38. The quantitative estimate of drug-likeness (QED) is 0.737. The Balaban J connectivity index is 1.77. The highest BCUT2D eigenvalue weighted by Crippen LogP contribution is 2.29. The molecule has 1 fully saturated rings. The van der Waals surface area contributed by atoms with Crippen molar-refractivity contribution in [3.8, 4) is 0 Å². The second-order valence-corrected chi connectivity index (χ2v) is 6.13. The maximum Gasteiger partial charge on any atom is 0.416 e. The van der Waals surface area contributed by atoms with Crippen LogP contribution in [0.4, 0.5) is 13.2 Å². The first-order chi connectivity index (χ1) is 12.1. The number of esters is 1. The van der Waals surface area contributed by atoms with Gasteiger partial charge in [0.05, 0.1) is 18.5 Å². The standard InChI is InChI=1S/C17H19F3N2O4/c1-22(9-14(23)21-13-5-6-13)15(24)10-26-16(25)8-11-3-2-4-12(7-11)17(18,19)20/h2-4,7,13H,5-6,8-10H2,1H3,(H,21,23). The van der Waals surface area contributed by atoms with Crippen molar-refractivity contribution in [1.82, 2.24) is 10.2 Å². The molecule has 0 atom stereocenters. The van der Waals surface area contributed by atoms with Gasteiger partial charge >= 0.3 is 12.1 Å². The number of ether oxygens (including phenoxy) is 1. The molecule has 2 amide bonds. The average molecular weight is 372 g/mol. The summed E-state index contributed by atoms with van der Waals surface area (Å²) in [7, 11) is 1.40. The van der Waals surface area contributed by atoms with Crippen molar-refractivity contribution in [2.45, 2.75) is 31.5 Å². The number of nitrogens with zero attached hydrogens (tertiary/aromatic N) is 1. The lowest BCUT2D eigenvalue weighted by Crippen LogP contribution is -2.40. The second-order valence-electron chi connectivity index (χ2n) is 6.13. The van der Waals surface area contributed by atoms with E-state index in [1.807, 2.05) is 0 Å². The fourth-order valence-corrected chi connectivity index (χ4v) is 2.13. The largest absolute Gasteiger partial charge is 0.455 e. The fraction of sp³-hybridized carbons (Fsp3) is 0.471. The Morgan fingerprint density at radius 3 is 2.58 bits per heavy atom. The molecule has 9 heteroatoms. The number of nitrogens with one attached hydrogen (secondary N) is 1. The first-order valence-corrected chi connectivity index (χ1v) is 8.00. The maximum absolute atomic E-state index is 12.6. The van der Waals surface area contributed by atoms with E-state index >= 15 is 0 Å². The van der Waals surface area contributed by atoms with Gasteiger partial charge in [0.1, 0.15) is 0 Å². The van der Waals surface area contributed by atoms with E-state index in [0.717, 1.165) is 29.9 Å². The van der Waals surface area contributed by atoms with Gasteiger partial charge in [-0.15, -0.1) is 0 Å². The van der Waals surface area contributed by atoms with Gasteiger partial charge in [0.15, 0.2) is 6.61 Å². The highest BCUT2D eigenvalue weighted by atomic mass is 19.4. The number of benzene rings is 1. The molecule has 1 saturated carbocycles. The van der Waals surface area contributed by atoms with Crippen LogP contribution in [0.1, 0.15) is 24.0 Å². The van der Waals surface area contributed by atoms with E-state index in [0.29, 0.717) is 0 Å². The second kappa shape index (κ2) is 8.20. The first-order valence-electron chi connectivity index (χ1n) is 8.00. The van der Waals surface area contributed by atoms with Crippen molar-refractivity contribution < 1.29 is 32.3 Å². The van der Waals surface area contributed by atoms with Gasteiger partial charge in [-0.3, -0.25) is 14.4 Å². The third-order valence-electron chi connectivity index (χ3n) is 3.71. The minimum atomic E-state index is -4.50. The van der Waals surface area contributed by atoms with Gasteiger partial charge in [-0.25, -0.2) is 0 Å². The summed E-state index contributed by atoms with van der Waals surface area (Å²) in [4.78, 5) is 36.3. The summed E-state index contributed by atoms with van der Waals surface area (Å²) in [5, 5.41) is 2.72. The topological polar surface area (TPSA) is 75.7 Å². The molecular weight excluding hydrogens is 353 g/mol. The summed E-state index contributed by atoms with van der Waals surface area (Å²) in [6.45, 7) is -0.731. The number of amides is 2. The summed E-state index contributed by atoms with van der Waals surface area (Å²) in [5.74, 6) is -1.69.